The van der Waals surface area contributed by atoms with Crippen molar-refractivity contribution in [1.82, 2.24) is 9.97 Å². The molecule has 0 amide bonds. The molecule has 0 atom stereocenters. The highest BCUT2D eigenvalue weighted by Gasteiger charge is 2.09. The normalized spacial score (nSPS) is 10.7. The van der Waals surface area contributed by atoms with E-state index in [1.165, 1.54) is 0 Å². The van der Waals surface area contributed by atoms with E-state index < -0.39 is 0 Å². The molecular weight excluding hydrogens is 324 g/mol. The van der Waals surface area contributed by atoms with Crippen LogP contribution in [-0.2, 0) is 0 Å². The van der Waals surface area contributed by atoms with Crippen LogP contribution in [0.4, 0.5) is 23.1 Å². The first-order valence-corrected chi connectivity index (χ1v) is 8.72. The molecule has 0 bridgehead atoms. The molecule has 0 aliphatic heterocycles. The van der Waals surface area contributed by atoms with Crippen LogP contribution in [0.25, 0.3) is 0 Å². The number of aryl methyl sites for hydroxylation is 2. The summed E-state index contributed by atoms with van der Waals surface area (Å²) < 4.78 is 5.87. The van der Waals surface area contributed by atoms with Gasteiger partial charge in [-0.3, -0.25) is 0 Å². The lowest BCUT2D eigenvalue weighted by molar-refractivity contribution is 0.244. The van der Waals surface area contributed by atoms with Crippen molar-refractivity contribution >= 4 is 23.1 Å². The van der Waals surface area contributed by atoms with Crippen LogP contribution in [0.1, 0.15) is 25.1 Å². The Kier molecular flexibility index (Phi) is 5.37. The van der Waals surface area contributed by atoms with Crippen molar-refractivity contribution in [3.8, 4) is 5.75 Å². The van der Waals surface area contributed by atoms with Crippen LogP contribution in [-0.4, -0.2) is 16.1 Å². The Morgan fingerprint density at radius 2 is 1.54 bits per heavy atom. The SMILES string of the molecule is Cc1cc(Nc2ccccc2OC(C)C)nc(Nc2ccccc2C)n1. The molecule has 134 valence electrons. The van der Waals surface area contributed by atoms with Gasteiger partial charge in [-0.05, 0) is 51.5 Å². The first kappa shape index (κ1) is 17.7. The van der Waals surface area contributed by atoms with Gasteiger partial charge in [0.05, 0.1) is 11.8 Å². The van der Waals surface area contributed by atoms with Gasteiger partial charge >= 0.3 is 0 Å². The van der Waals surface area contributed by atoms with Crippen molar-refractivity contribution in [2.45, 2.75) is 33.8 Å². The maximum Gasteiger partial charge on any atom is 0.229 e. The Morgan fingerprint density at radius 3 is 2.27 bits per heavy atom. The summed E-state index contributed by atoms with van der Waals surface area (Å²) in [6, 6.07) is 17.8. The number of para-hydroxylation sites is 3. The number of hydrogen-bond acceptors (Lipinski definition) is 5. The van der Waals surface area contributed by atoms with E-state index in [0.29, 0.717) is 11.8 Å². The van der Waals surface area contributed by atoms with Crippen molar-refractivity contribution in [3.05, 3.63) is 65.9 Å². The zero-order chi connectivity index (χ0) is 18.5. The quantitative estimate of drug-likeness (QED) is 0.627. The predicted molar refractivity (Wildman–Crippen MR) is 107 cm³/mol. The molecular formula is C21H24N4O. The highest BCUT2D eigenvalue weighted by molar-refractivity contribution is 5.66. The molecule has 3 rings (SSSR count). The Morgan fingerprint density at radius 1 is 0.846 bits per heavy atom. The average molecular weight is 348 g/mol. The average Bonchev–Trinajstić information content (AvgIpc) is 2.58. The van der Waals surface area contributed by atoms with Gasteiger partial charge in [-0.25, -0.2) is 4.98 Å². The van der Waals surface area contributed by atoms with Gasteiger partial charge in [-0.2, -0.15) is 4.98 Å². The lowest BCUT2D eigenvalue weighted by Crippen LogP contribution is -2.08. The number of rotatable bonds is 6. The van der Waals surface area contributed by atoms with Crippen LogP contribution < -0.4 is 15.4 Å². The van der Waals surface area contributed by atoms with Gasteiger partial charge in [0.2, 0.25) is 5.95 Å². The van der Waals surface area contributed by atoms with E-state index in [1.54, 1.807) is 0 Å². The first-order valence-electron chi connectivity index (χ1n) is 8.72. The topological polar surface area (TPSA) is 59.1 Å². The fourth-order valence-corrected chi connectivity index (χ4v) is 2.59. The minimum Gasteiger partial charge on any atom is -0.489 e. The standard InChI is InChI=1S/C21H24N4O/c1-14(2)26-19-12-8-7-11-18(19)23-20-13-16(4)22-21(25-20)24-17-10-6-5-9-15(17)3/h5-14H,1-4H3,(H2,22,23,24,25). The molecule has 5 nitrogen and oxygen atoms in total. The zero-order valence-electron chi connectivity index (χ0n) is 15.6. The summed E-state index contributed by atoms with van der Waals surface area (Å²) in [6.07, 6.45) is 0.100. The molecule has 0 fully saturated rings. The van der Waals surface area contributed by atoms with Gasteiger partial charge in [0.15, 0.2) is 0 Å². The van der Waals surface area contributed by atoms with Gasteiger partial charge in [-0.1, -0.05) is 30.3 Å². The van der Waals surface area contributed by atoms with Gasteiger partial charge in [-0.15, -0.1) is 0 Å². The molecule has 3 aromatic rings. The second-order valence-corrected chi connectivity index (χ2v) is 6.45. The van der Waals surface area contributed by atoms with Crippen molar-refractivity contribution in [2.75, 3.05) is 10.6 Å². The molecule has 0 aliphatic carbocycles. The summed E-state index contributed by atoms with van der Waals surface area (Å²) in [4.78, 5) is 9.09. The van der Waals surface area contributed by atoms with E-state index in [2.05, 4.69) is 33.6 Å². The zero-order valence-corrected chi connectivity index (χ0v) is 15.6. The minimum atomic E-state index is 0.100. The molecule has 1 aromatic heterocycles. The van der Waals surface area contributed by atoms with E-state index >= 15 is 0 Å². The molecule has 5 heteroatoms. The number of nitrogens with one attached hydrogen (secondary N) is 2. The van der Waals surface area contributed by atoms with Crippen LogP contribution in [0.2, 0.25) is 0 Å². The largest absolute Gasteiger partial charge is 0.489 e. The Hall–Kier alpha value is -3.08. The van der Waals surface area contributed by atoms with Crippen molar-refractivity contribution in [3.63, 3.8) is 0 Å². The van der Waals surface area contributed by atoms with Crippen molar-refractivity contribution in [1.29, 1.82) is 0 Å². The van der Waals surface area contributed by atoms with E-state index in [0.717, 1.165) is 28.4 Å². The fraction of sp³-hybridized carbons (Fsp3) is 0.238. The monoisotopic (exact) mass is 348 g/mol. The minimum absolute atomic E-state index is 0.100. The number of nitrogens with zero attached hydrogens (tertiary/aromatic N) is 2. The lowest BCUT2D eigenvalue weighted by Gasteiger charge is -2.16. The second kappa shape index (κ2) is 7.87. The third kappa shape index (κ3) is 4.51. The predicted octanol–water partition coefficient (Wildman–Crippen LogP) is 5.37. The summed E-state index contributed by atoms with van der Waals surface area (Å²) in [5, 5.41) is 6.64. The highest BCUT2D eigenvalue weighted by atomic mass is 16.5. The Bertz CT molecular complexity index is 893. The summed E-state index contributed by atoms with van der Waals surface area (Å²) in [5.41, 5.74) is 3.89. The molecule has 1 heterocycles. The fourth-order valence-electron chi connectivity index (χ4n) is 2.59. The molecule has 0 aliphatic rings. The van der Waals surface area contributed by atoms with Crippen molar-refractivity contribution in [2.24, 2.45) is 0 Å². The molecule has 0 spiro atoms. The third-order valence-corrected chi connectivity index (χ3v) is 3.76. The van der Waals surface area contributed by atoms with Crippen LogP contribution in [0.3, 0.4) is 0 Å². The van der Waals surface area contributed by atoms with Gasteiger partial charge < -0.3 is 15.4 Å². The van der Waals surface area contributed by atoms with Crippen LogP contribution in [0.15, 0.2) is 54.6 Å². The number of anilines is 4. The summed E-state index contributed by atoms with van der Waals surface area (Å²) >= 11 is 0. The summed E-state index contributed by atoms with van der Waals surface area (Å²) in [6.45, 7) is 8.02. The van der Waals surface area contributed by atoms with Gasteiger partial charge in [0.1, 0.15) is 11.6 Å². The number of hydrogen-bond donors (Lipinski definition) is 2. The van der Waals surface area contributed by atoms with E-state index in [4.69, 9.17) is 4.74 Å². The lowest BCUT2D eigenvalue weighted by atomic mass is 10.2. The van der Waals surface area contributed by atoms with E-state index in [-0.39, 0.29) is 6.10 Å². The molecule has 2 aromatic carbocycles. The molecule has 0 saturated carbocycles. The number of aromatic nitrogens is 2. The Balaban J connectivity index is 1.86. The van der Waals surface area contributed by atoms with Crippen molar-refractivity contribution < 1.29 is 4.74 Å². The van der Waals surface area contributed by atoms with E-state index in [1.807, 2.05) is 69.3 Å². The summed E-state index contributed by atoms with van der Waals surface area (Å²) in [5.74, 6) is 2.07. The van der Waals surface area contributed by atoms with E-state index in [9.17, 15) is 0 Å². The summed E-state index contributed by atoms with van der Waals surface area (Å²) in [7, 11) is 0. The smallest absolute Gasteiger partial charge is 0.229 e. The highest BCUT2D eigenvalue weighted by Crippen LogP contribution is 2.28. The second-order valence-electron chi connectivity index (χ2n) is 6.45. The van der Waals surface area contributed by atoms with Crippen LogP contribution in [0.5, 0.6) is 5.75 Å². The van der Waals surface area contributed by atoms with Gasteiger partial charge in [0, 0.05) is 17.4 Å². The molecule has 2 N–H and O–H groups in total. The maximum absolute atomic E-state index is 5.87. The maximum atomic E-state index is 5.87. The van der Waals surface area contributed by atoms with Gasteiger partial charge in [0.25, 0.3) is 0 Å². The third-order valence-electron chi connectivity index (χ3n) is 3.76. The number of benzene rings is 2. The van der Waals surface area contributed by atoms with Crippen LogP contribution >= 0.6 is 0 Å². The first-order chi connectivity index (χ1) is 12.5. The Labute approximate surface area is 154 Å². The number of ether oxygens (including phenoxy) is 1. The molecule has 0 saturated heterocycles. The molecule has 0 radical (unpaired) electrons. The molecule has 26 heavy (non-hydrogen) atoms. The van der Waals surface area contributed by atoms with Crippen LogP contribution in [0, 0.1) is 13.8 Å². The molecule has 0 unspecified atom stereocenters.